The van der Waals surface area contributed by atoms with E-state index in [1.54, 1.807) is 0 Å². The maximum Gasteiger partial charge on any atom is 0.0499 e. The van der Waals surface area contributed by atoms with Crippen molar-refractivity contribution in [1.29, 1.82) is 0 Å². The zero-order chi connectivity index (χ0) is 11.7. The van der Waals surface area contributed by atoms with Crippen LogP contribution in [-0.4, -0.2) is 24.3 Å². The van der Waals surface area contributed by atoms with Crippen molar-refractivity contribution in [3.05, 3.63) is 35.9 Å². The van der Waals surface area contributed by atoms with Crippen LogP contribution >= 0.6 is 0 Å². The average Bonchev–Trinajstić information content (AvgIpc) is 3.09. The molecular formula is C15H21NO. The fraction of sp³-hybridized carbons (Fsp3) is 0.600. The highest BCUT2D eigenvalue weighted by Crippen LogP contribution is 2.45. The van der Waals surface area contributed by atoms with Gasteiger partial charge in [0.2, 0.25) is 0 Å². The first-order chi connectivity index (χ1) is 8.31. The van der Waals surface area contributed by atoms with E-state index in [4.69, 9.17) is 0 Å². The molecule has 2 aliphatic carbocycles. The quantitative estimate of drug-likeness (QED) is 0.815. The van der Waals surface area contributed by atoms with Crippen LogP contribution in [-0.2, 0) is 0 Å². The second-order valence-electron chi connectivity index (χ2n) is 5.81. The topological polar surface area (TPSA) is 32.3 Å². The zero-order valence-electron chi connectivity index (χ0n) is 10.2. The number of hydrogen-bond acceptors (Lipinski definition) is 2. The number of rotatable bonds is 5. The van der Waals surface area contributed by atoms with Gasteiger partial charge in [0.05, 0.1) is 0 Å². The van der Waals surface area contributed by atoms with Gasteiger partial charge in [-0.3, -0.25) is 0 Å². The molecule has 0 aromatic heterocycles. The summed E-state index contributed by atoms with van der Waals surface area (Å²) in [6.45, 7) is 1.37. The highest BCUT2D eigenvalue weighted by Gasteiger charge is 2.42. The summed E-state index contributed by atoms with van der Waals surface area (Å²) in [5.41, 5.74) is 1.73. The molecule has 0 bridgehead atoms. The SMILES string of the molecule is OCC1(CNC2CC(c3ccccc3)C2)CC1. The first kappa shape index (κ1) is 11.2. The molecule has 0 amide bonds. The molecule has 2 N–H and O–H groups in total. The minimum atomic E-state index is 0.248. The maximum absolute atomic E-state index is 9.25. The Morgan fingerprint density at radius 2 is 1.88 bits per heavy atom. The van der Waals surface area contributed by atoms with Gasteiger partial charge < -0.3 is 10.4 Å². The maximum atomic E-state index is 9.25. The van der Waals surface area contributed by atoms with E-state index in [-0.39, 0.29) is 5.41 Å². The van der Waals surface area contributed by atoms with Gasteiger partial charge in [-0.15, -0.1) is 0 Å². The summed E-state index contributed by atoms with van der Waals surface area (Å²) < 4.78 is 0. The second kappa shape index (κ2) is 4.43. The van der Waals surface area contributed by atoms with E-state index in [0.717, 1.165) is 12.5 Å². The van der Waals surface area contributed by atoms with Crippen LogP contribution in [0.5, 0.6) is 0 Å². The third kappa shape index (κ3) is 2.38. The van der Waals surface area contributed by atoms with Gasteiger partial charge in [0.15, 0.2) is 0 Å². The van der Waals surface area contributed by atoms with Crippen molar-refractivity contribution in [2.24, 2.45) is 5.41 Å². The fourth-order valence-electron chi connectivity index (χ4n) is 2.71. The van der Waals surface area contributed by atoms with Crippen molar-refractivity contribution in [3.8, 4) is 0 Å². The Morgan fingerprint density at radius 3 is 2.47 bits per heavy atom. The molecule has 1 aromatic rings. The van der Waals surface area contributed by atoms with Crippen LogP contribution in [0.2, 0.25) is 0 Å². The molecule has 0 saturated heterocycles. The third-order valence-electron chi connectivity index (χ3n) is 4.47. The molecule has 2 nitrogen and oxygen atoms in total. The van der Waals surface area contributed by atoms with Crippen molar-refractivity contribution >= 4 is 0 Å². The van der Waals surface area contributed by atoms with Crippen LogP contribution in [0.25, 0.3) is 0 Å². The monoisotopic (exact) mass is 231 g/mol. The molecular weight excluding hydrogens is 210 g/mol. The lowest BCUT2D eigenvalue weighted by molar-refractivity contribution is 0.190. The second-order valence-corrected chi connectivity index (χ2v) is 5.81. The fourth-order valence-corrected chi connectivity index (χ4v) is 2.71. The van der Waals surface area contributed by atoms with E-state index in [1.807, 2.05) is 0 Å². The largest absolute Gasteiger partial charge is 0.396 e. The Labute approximate surface area is 103 Å². The molecule has 0 heterocycles. The molecule has 0 spiro atoms. The van der Waals surface area contributed by atoms with Crippen molar-refractivity contribution in [1.82, 2.24) is 5.32 Å². The van der Waals surface area contributed by atoms with Gasteiger partial charge in [-0.25, -0.2) is 0 Å². The Morgan fingerprint density at radius 1 is 1.18 bits per heavy atom. The minimum Gasteiger partial charge on any atom is -0.396 e. The predicted octanol–water partition coefficient (Wildman–Crippen LogP) is 2.29. The van der Waals surface area contributed by atoms with Crippen LogP contribution in [0.1, 0.15) is 37.2 Å². The van der Waals surface area contributed by atoms with Gasteiger partial charge in [-0.2, -0.15) is 0 Å². The molecule has 1 aromatic carbocycles. The van der Waals surface area contributed by atoms with Crippen molar-refractivity contribution < 1.29 is 5.11 Å². The lowest BCUT2D eigenvalue weighted by Crippen LogP contribution is -2.43. The van der Waals surface area contributed by atoms with E-state index in [2.05, 4.69) is 35.6 Å². The van der Waals surface area contributed by atoms with Crippen LogP contribution < -0.4 is 5.32 Å². The average molecular weight is 231 g/mol. The molecule has 0 aliphatic heterocycles. The van der Waals surface area contributed by atoms with E-state index in [1.165, 1.54) is 31.2 Å². The molecule has 0 unspecified atom stereocenters. The standard InChI is InChI=1S/C15H21NO/c17-11-15(6-7-15)10-16-14-8-13(9-14)12-4-2-1-3-5-12/h1-5,13-14,16-17H,6-11H2. The number of hydrogen-bond donors (Lipinski definition) is 2. The van der Waals surface area contributed by atoms with E-state index >= 15 is 0 Å². The zero-order valence-corrected chi connectivity index (χ0v) is 10.2. The molecule has 2 heteroatoms. The third-order valence-corrected chi connectivity index (χ3v) is 4.47. The summed E-state index contributed by atoms with van der Waals surface area (Å²) in [5, 5.41) is 12.9. The Bertz CT molecular complexity index is 366. The molecule has 17 heavy (non-hydrogen) atoms. The predicted molar refractivity (Wildman–Crippen MR) is 69.0 cm³/mol. The van der Waals surface area contributed by atoms with Gasteiger partial charge in [-0.1, -0.05) is 30.3 Å². The van der Waals surface area contributed by atoms with E-state index < -0.39 is 0 Å². The number of benzene rings is 1. The van der Waals surface area contributed by atoms with Crippen molar-refractivity contribution in [2.75, 3.05) is 13.2 Å². The van der Waals surface area contributed by atoms with Crippen LogP contribution in [0.15, 0.2) is 30.3 Å². The van der Waals surface area contributed by atoms with Crippen molar-refractivity contribution in [2.45, 2.75) is 37.6 Å². The highest BCUT2D eigenvalue weighted by molar-refractivity contribution is 5.22. The van der Waals surface area contributed by atoms with Crippen molar-refractivity contribution in [3.63, 3.8) is 0 Å². The lowest BCUT2D eigenvalue weighted by atomic mass is 9.76. The van der Waals surface area contributed by atoms with Crippen LogP contribution in [0.4, 0.5) is 0 Å². The molecule has 2 aliphatic rings. The number of aliphatic hydroxyl groups excluding tert-OH is 1. The lowest BCUT2D eigenvalue weighted by Gasteiger charge is -2.37. The summed E-state index contributed by atoms with van der Waals surface area (Å²) in [5.74, 6) is 0.748. The summed E-state index contributed by atoms with van der Waals surface area (Å²) >= 11 is 0. The summed E-state index contributed by atoms with van der Waals surface area (Å²) in [4.78, 5) is 0. The van der Waals surface area contributed by atoms with Gasteiger partial charge in [-0.05, 0) is 37.2 Å². The minimum absolute atomic E-state index is 0.248. The Hall–Kier alpha value is -0.860. The Kier molecular flexibility index (Phi) is 2.93. The van der Waals surface area contributed by atoms with E-state index in [9.17, 15) is 5.11 Å². The van der Waals surface area contributed by atoms with Gasteiger partial charge in [0.25, 0.3) is 0 Å². The summed E-state index contributed by atoms with van der Waals surface area (Å²) in [7, 11) is 0. The summed E-state index contributed by atoms with van der Waals surface area (Å²) in [6.07, 6.45) is 4.91. The molecule has 2 saturated carbocycles. The van der Waals surface area contributed by atoms with Crippen LogP contribution in [0.3, 0.4) is 0 Å². The summed E-state index contributed by atoms with van der Waals surface area (Å²) in [6, 6.07) is 11.5. The molecule has 2 fully saturated rings. The van der Waals surface area contributed by atoms with E-state index in [0.29, 0.717) is 12.6 Å². The number of aliphatic hydroxyl groups is 1. The molecule has 3 rings (SSSR count). The first-order valence-electron chi connectivity index (χ1n) is 6.71. The van der Waals surface area contributed by atoms with Crippen LogP contribution in [0, 0.1) is 5.41 Å². The van der Waals surface area contributed by atoms with Gasteiger partial charge >= 0.3 is 0 Å². The molecule has 0 radical (unpaired) electrons. The molecule has 0 atom stereocenters. The molecule has 92 valence electrons. The Balaban J connectivity index is 1.43. The highest BCUT2D eigenvalue weighted by atomic mass is 16.3. The first-order valence-corrected chi connectivity index (χ1v) is 6.71. The number of nitrogens with one attached hydrogen (secondary N) is 1. The smallest absolute Gasteiger partial charge is 0.0499 e. The normalized spacial score (nSPS) is 29.7. The van der Waals surface area contributed by atoms with Gasteiger partial charge in [0, 0.05) is 24.6 Å². The van der Waals surface area contributed by atoms with Gasteiger partial charge in [0.1, 0.15) is 0 Å².